The van der Waals surface area contributed by atoms with E-state index >= 15 is 0 Å². The molecule has 16 heteroatoms. The Hall–Kier alpha value is -13.6. The number of hydrogen-bond donors (Lipinski definition) is 0. The topological polar surface area (TPSA) is 210 Å². The number of unbranched alkanes of at least 4 members (excludes halogenated alkanes) is 1. The number of para-hydroxylation sites is 3. The zero-order valence-corrected chi connectivity index (χ0v) is 61.6. The molecule has 16 nitrogen and oxygen atoms in total. The lowest BCUT2D eigenvalue weighted by Gasteiger charge is -2.15. The molecule has 0 aliphatic heterocycles. The van der Waals surface area contributed by atoms with Crippen LogP contribution in [0.1, 0.15) is 176 Å². The number of methoxy groups -OCH3 is 1. The molecule has 0 N–H and O–H groups in total. The van der Waals surface area contributed by atoms with Crippen molar-refractivity contribution in [1.29, 1.82) is 0 Å². The van der Waals surface area contributed by atoms with Crippen molar-refractivity contribution in [3.8, 4) is 46.0 Å². The summed E-state index contributed by atoms with van der Waals surface area (Å²) in [5.74, 6) is 0.0995. The van der Waals surface area contributed by atoms with Crippen molar-refractivity contribution in [3.05, 3.63) is 378 Å². The third-order valence-corrected chi connectivity index (χ3v) is 18.5. The van der Waals surface area contributed by atoms with Crippen LogP contribution in [0.5, 0.6) is 46.0 Å². The van der Waals surface area contributed by atoms with Crippen LogP contribution in [-0.4, -0.2) is 61.1 Å². The molecule has 0 radical (unpaired) electrons. The van der Waals surface area contributed by atoms with E-state index in [1.54, 1.807) is 128 Å². The molecule has 110 heavy (non-hydrogen) atoms. The number of aryl methyl sites for hydroxylation is 4. The van der Waals surface area contributed by atoms with Gasteiger partial charge in [0.15, 0.2) is 11.6 Å². The van der Waals surface area contributed by atoms with Crippen LogP contribution in [0, 0.1) is 27.7 Å². The third kappa shape index (κ3) is 19.9. The van der Waals surface area contributed by atoms with E-state index in [1.165, 1.54) is 48.9 Å². The number of carbonyl (C=O) groups is 8. The molecule has 0 heterocycles. The van der Waals surface area contributed by atoms with E-state index in [1.807, 2.05) is 125 Å². The van der Waals surface area contributed by atoms with E-state index in [2.05, 4.69) is 12.1 Å². The van der Waals surface area contributed by atoms with Gasteiger partial charge in [0.1, 0.15) is 46.0 Å². The van der Waals surface area contributed by atoms with Crippen molar-refractivity contribution in [3.63, 3.8) is 0 Å². The minimum absolute atomic E-state index is 0.0579. The summed E-state index contributed by atoms with van der Waals surface area (Å²) < 4.78 is 46.3. The number of Topliss-reactive ketones (excluding diaryl/α,β-unsaturated/α-hetero) is 2. The van der Waals surface area contributed by atoms with Gasteiger partial charge in [-0.1, -0.05) is 140 Å². The number of hydrogen-bond acceptors (Lipinski definition) is 16. The van der Waals surface area contributed by atoms with Crippen LogP contribution >= 0.6 is 0 Å². The molecule has 0 atom stereocenters. The van der Waals surface area contributed by atoms with Crippen molar-refractivity contribution in [2.24, 2.45) is 0 Å². The molecule has 12 rings (SSSR count). The smallest absolute Gasteiger partial charge is 0.343 e. The Balaban J connectivity index is 0.533. The van der Waals surface area contributed by atoms with Crippen molar-refractivity contribution in [2.75, 3.05) is 13.7 Å². The second-order valence-electron chi connectivity index (χ2n) is 26.7. The average Bonchev–Trinajstić information content (AvgIpc) is 0.806. The van der Waals surface area contributed by atoms with Crippen LogP contribution in [0.2, 0.25) is 0 Å². The summed E-state index contributed by atoms with van der Waals surface area (Å²) in [6, 6.07) is 76.4. The molecular formula is C94H78O16. The molecule has 12 aromatic rings. The van der Waals surface area contributed by atoms with Crippen molar-refractivity contribution in [1.82, 2.24) is 0 Å². The SMILES string of the molecule is COc1c(C)cc(Cc2cc(C)c(OC(=O)c3ccc(C(=O)Oc4ccc(Cc5ccc(OC(=O)c6ccc(C(=O)CCCCOc7ccc(Cc8ccccc8OC(=O)c8ccc(C(=O)Oc9ccccc9Cc9ccccc9OC(=O)c9ccc(C(C)=O)cc9)cc8)cc7)cc6)cc5)cc4)cc3)c(C)c2)cc1C. The maximum Gasteiger partial charge on any atom is 0.343 e. The van der Waals surface area contributed by atoms with Gasteiger partial charge in [0.2, 0.25) is 0 Å². The number of carbonyl (C=O) groups excluding carboxylic acids is 8. The summed E-state index contributed by atoms with van der Waals surface area (Å²) in [5, 5.41) is 0. The first-order valence-electron chi connectivity index (χ1n) is 35.9. The zero-order valence-electron chi connectivity index (χ0n) is 61.6. The highest BCUT2D eigenvalue weighted by Gasteiger charge is 2.22. The van der Waals surface area contributed by atoms with Gasteiger partial charge in [-0.3, -0.25) is 9.59 Å². The molecule has 0 bridgehead atoms. The van der Waals surface area contributed by atoms with E-state index in [0.717, 1.165) is 62.2 Å². The molecule has 0 spiro atoms. The highest BCUT2D eigenvalue weighted by atomic mass is 16.6. The molecule has 0 saturated carbocycles. The lowest BCUT2D eigenvalue weighted by Crippen LogP contribution is -2.13. The molecule has 0 aromatic heterocycles. The lowest BCUT2D eigenvalue weighted by molar-refractivity contribution is 0.0719. The largest absolute Gasteiger partial charge is 0.496 e. The van der Waals surface area contributed by atoms with Crippen LogP contribution in [-0.2, 0) is 25.7 Å². The van der Waals surface area contributed by atoms with Crippen LogP contribution in [0.4, 0.5) is 0 Å². The Morgan fingerprint density at radius 2 is 0.591 bits per heavy atom. The fraction of sp³-hybridized carbons (Fsp3) is 0.149. The number of ether oxygens (including phenoxy) is 8. The van der Waals surface area contributed by atoms with Crippen LogP contribution in [0.3, 0.4) is 0 Å². The molecule has 0 unspecified atom stereocenters. The van der Waals surface area contributed by atoms with Crippen molar-refractivity contribution >= 4 is 47.4 Å². The molecule has 0 fully saturated rings. The van der Waals surface area contributed by atoms with Crippen molar-refractivity contribution < 1.29 is 76.3 Å². The number of rotatable bonds is 29. The van der Waals surface area contributed by atoms with E-state index in [0.29, 0.717) is 107 Å². The van der Waals surface area contributed by atoms with Crippen LogP contribution in [0.15, 0.2) is 267 Å². The van der Waals surface area contributed by atoms with Gasteiger partial charge >= 0.3 is 35.8 Å². The van der Waals surface area contributed by atoms with Gasteiger partial charge in [-0.05, 0) is 254 Å². The van der Waals surface area contributed by atoms with E-state index < -0.39 is 35.8 Å². The molecule has 0 aliphatic rings. The van der Waals surface area contributed by atoms with E-state index in [-0.39, 0.29) is 45.8 Å². The van der Waals surface area contributed by atoms with E-state index in [9.17, 15) is 38.4 Å². The number of benzene rings is 12. The van der Waals surface area contributed by atoms with Gasteiger partial charge in [-0.2, -0.15) is 0 Å². The van der Waals surface area contributed by atoms with Gasteiger partial charge in [-0.15, -0.1) is 0 Å². The minimum atomic E-state index is -0.642. The zero-order chi connectivity index (χ0) is 77.2. The fourth-order valence-electron chi connectivity index (χ4n) is 12.8. The first-order valence-corrected chi connectivity index (χ1v) is 35.9. The van der Waals surface area contributed by atoms with E-state index in [4.69, 9.17) is 37.9 Å². The average molecular weight is 1460 g/mol. The summed E-state index contributed by atoms with van der Waals surface area (Å²) in [6.07, 6.45) is 3.53. The Morgan fingerprint density at radius 1 is 0.282 bits per heavy atom. The molecule has 0 amide bonds. The lowest BCUT2D eigenvalue weighted by atomic mass is 9.97. The number of ketones is 2. The highest BCUT2D eigenvalue weighted by molar-refractivity contribution is 5.99. The van der Waals surface area contributed by atoms with Crippen LogP contribution < -0.4 is 37.9 Å². The Kier molecular flexibility index (Phi) is 24.7. The predicted molar refractivity (Wildman–Crippen MR) is 417 cm³/mol. The second-order valence-corrected chi connectivity index (χ2v) is 26.7. The minimum Gasteiger partial charge on any atom is -0.496 e. The summed E-state index contributed by atoms with van der Waals surface area (Å²) in [6.45, 7) is 9.76. The first kappa shape index (κ1) is 76.1. The molecule has 0 saturated heterocycles. The normalized spacial score (nSPS) is 10.9. The molecule has 0 aliphatic carbocycles. The summed E-state index contributed by atoms with van der Waals surface area (Å²) >= 11 is 0. The highest BCUT2D eigenvalue weighted by Crippen LogP contribution is 2.33. The molecular weight excluding hydrogens is 1390 g/mol. The Bertz CT molecular complexity index is 5330. The summed E-state index contributed by atoms with van der Waals surface area (Å²) in [4.78, 5) is 105. The van der Waals surface area contributed by atoms with Gasteiger partial charge in [0, 0.05) is 30.4 Å². The maximum absolute atomic E-state index is 13.5. The van der Waals surface area contributed by atoms with Gasteiger partial charge in [-0.25, -0.2) is 28.8 Å². The van der Waals surface area contributed by atoms with Gasteiger partial charge in [0.25, 0.3) is 0 Å². The van der Waals surface area contributed by atoms with Crippen molar-refractivity contribution in [2.45, 2.75) is 79.6 Å². The van der Waals surface area contributed by atoms with Gasteiger partial charge < -0.3 is 37.9 Å². The molecule has 12 aromatic carbocycles. The second kappa shape index (κ2) is 35.7. The Morgan fingerprint density at radius 3 is 0.973 bits per heavy atom. The first-order chi connectivity index (χ1) is 53.2. The van der Waals surface area contributed by atoms with Crippen LogP contribution in [0.25, 0.3) is 0 Å². The summed E-state index contributed by atoms with van der Waals surface area (Å²) in [5.41, 5.74) is 13.6. The monoisotopic (exact) mass is 1460 g/mol. The quantitative estimate of drug-likeness (QED) is 0.0185. The molecule has 550 valence electrons. The summed E-state index contributed by atoms with van der Waals surface area (Å²) in [7, 11) is 1.68. The number of esters is 6. The fourth-order valence-corrected chi connectivity index (χ4v) is 12.8. The maximum atomic E-state index is 13.5. The third-order valence-electron chi connectivity index (χ3n) is 18.5. The van der Waals surface area contributed by atoms with Gasteiger partial charge in [0.05, 0.1) is 47.1 Å². The predicted octanol–water partition coefficient (Wildman–Crippen LogP) is 19.2. The standard InChI is InChI=1S/C94H78O16/c1-59-51-67(52-60(2)87(59)103-6)56-68-53-61(3)88(62(4)54-68)110-94(102)76-42-36-72(37-43-76)90(98)106-82-48-26-65(27-49-82)55-64-24-46-81(47-25-64)105-89(97)71-34-30-70(31-35-71)83(96)18-13-14-50-104-80-44-22-66(23-45-80)57-77-15-7-10-19-84(77)107-92(100)74-38-40-75(41-39-74)93(101)109-86-21-12-9-17-79(86)58-78-16-8-11-20-85(78)108-91(99)73-32-28-69(29-33-73)63(5)95/h7-12,15-17,19-49,51-54H,13-14,18,50,55-58H2,1-6H3. The Labute approximate surface area is 637 Å².